The minimum atomic E-state index is -4.54. The number of carbonyl (C=O) groups excluding carboxylic acids is 1. The van der Waals surface area contributed by atoms with Gasteiger partial charge >= 0.3 is 12.2 Å². The van der Waals surface area contributed by atoms with E-state index in [1.807, 2.05) is 32.0 Å². The molecule has 0 unspecified atom stereocenters. The van der Waals surface area contributed by atoms with Gasteiger partial charge in [-0.05, 0) is 31.5 Å². The summed E-state index contributed by atoms with van der Waals surface area (Å²) < 4.78 is 39.8. The Morgan fingerprint density at radius 1 is 0.941 bits per heavy atom. The smallest absolute Gasteiger partial charge is 0.353 e. The van der Waals surface area contributed by atoms with Crippen LogP contribution in [0.2, 0.25) is 0 Å². The fourth-order valence-electron chi connectivity index (χ4n) is 4.14. The first kappa shape index (κ1) is 23.5. The van der Waals surface area contributed by atoms with E-state index in [4.69, 9.17) is 4.98 Å². The van der Waals surface area contributed by atoms with Crippen LogP contribution in [0.25, 0.3) is 0 Å². The van der Waals surface area contributed by atoms with Gasteiger partial charge in [0, 0.05) is 43.9 Å². The van der Waals surface area contributed by atoms with Gasteiger partial charge in [0.1, 0.15) is 11.6 Å². The zero-order chi connectivity index (χ0) is 24.3. The molecule has 1 N–H and O–H groups in total. The van der Waals surface area contributed by atoms with Crippen molar-refractivity contribution in [1.29, 1.82) is 0 Å². The summed E-state index contributed by atoms with van der Waals surface area (Å²) in [6.45, 7) is 5.60. The number of carbonyl (C=O) groups is 1. The van der Waals surface area contributed by atoms with Gasteiger partial charge in [-0.1, -0.05) is 42.5 Å². The molecule has 0 radical (unpaired) electrons. The van der Waals surface area contributed by atoms with Crippen molar-refractivity contribution < 1.29 is 18.0 Å². The highest BCUT2D eigenvalue weighted by molar-refractivity contribution is 5.90. The van der Waals surface area contributed by atoms with E-state index >= 15 is 0 Å². The second-order valence-corrected chi connectivity index (χ2v) is 8.27. The Balaban J connectivity index is 1.47. The number of rotatable bonds is 4. The van der Waals surface area contributed by atoms with Crippen molar-refractivity contribution >= 4 is 17.5 Å². The molecule has 34 heavy (non-hydrogen) atoms. The lowest BCUT2D eigenvalue weighted by molar-refractivity contribution is -0.136. The molecule has 1 aliphatic rings. The van der Waals surface area contributed by atoms with E-state index < -0.39 is 17.8 Å². The summed E-state index contributed by atoms with van der Waals surface area (Å²) in [7, 11) is 0. The summed E-state index contributed by atoms with van der Waals surface area (Å²) in [5, 5.41) is 2.43. The number of piperazine rings is 1. The first-order chi connectivity index (χ1) is 16.2. The molecule has 2 aromatic carbocycles. The van der Waals surface area contributed by atoms with Gasteiger partial charge in [0.2, 0.25) is 0 Å². The molecule has 0 bridgehead atoms. The minimum Gasteiger partial charge on any atom is -0.353 e. The lowest BCUT2D eigenvalue weighted by atomic mass is 10.0. The number of para-hydroxylation sites is 1. The first-order valence-corrected chi connectivity index (χ1v) is 11.1. The van der Waals surface area contributed by atoms with Crippen LogP contribution in [0.1, 0.15) is 28.2 Å². The molecule has 0 spiro atoms. The largest absolute Gasteiger partial charge is 0.418 e. The van der Waals surface area contributed by atoms with Crippen LogP contribution in [0, 0.1) is 13.8 Å². The van der Waals surface area contributed by atoms with Crippen LogP contribution < -0.4 is 10.2 Å². The van der Waals surface area contributed by atoms with Gasteiger partial charge in [-0.3, -0.25) is 0 Å². The highest BCUT2D eigenvalue weighted by atomic mass is 19.4. The van der Waals surface area contributed by atoms with Crippen LogP contribution >= 0.6 is 0 Å². The van der Waals surface area contributed by atoms with Crippen molar-refractivity contribution in [2.45, 2.75) is 26.4 Å². The number of benzene rings is 2. The number of urea groups is 1. The fraction of sp³-hybridized carbons (Fsp3) is 0.320. The number of anilines is 2. The monoisotopic (exact) mass is 469 g/mol. The zero-order valence-electron chi connectivity index (χ0n) is 19.1. The third-order valence-corrected chi connectivity index (χ3v) is 5.87. The molecule has 3 aromatic rings. The second-order valence-electron chi connectivity index (χ2n) is 8.27. The third-order valence-electron chi connectivity index (χ3n) is 5.87. The number of nitrogens with one attached hydrogen (secondary N) is 1. The standard InChI is InChI=1S/C25H26F3N5O/c1-17-20(16-19-8-4-3-5-9-19)23(30-18(2)29-17)32-12-14-33(15-13-32)24(34)31-22-11-7-6-10-21(22)25(26,27)28/h3-11H,12-16H2,1-2H3,(H,31,34). The van der Waals surface area contributed by atoms with Crippen LogP contribution in [-0.4, -0.2) is 47.1 Å². The van der Waals surface area contributed by atoms with E-state index in [1.54, 1.807) is 0 Å². The van der Waals surface area contributed by atoms with Crippen LogP contribution in [-0.2, 0) is 12.6 Å². The lowest BCUT2D eigenvalue weighted by Gasteiger charge is -2.36. The Bertz CT molecular complexity index is 1160. The van der Waals surface area contributed by atoms with E-state index in [-0.39, 0.29) is 5.69 Å². The minimum absolute atomic E-state index is 0.241. The van der Waals surface area contributed by atoms with Crippen molar-refractivity contribution in [3.8, 4) is 0 Å². The maximum absolute atomic E-state index is 13.3. The van der Waals surface area contributed by atoms with Gasteiger partial charge in [-0.15, -0.1) is 0 Å². The van der Waals surface area contributed by atoms with Crippen LogP contribution in [0.15, 0.2) is 54.6 Å². The average molecular weight is 470 g/mol. The summed E-state index contributed by atoms with van der Waals surface area (Å²) in [4.78, 5) is 25.6. The van der Waals surface area contributed by atoms with E-state index in [0.29, 0.717) is 38.4 Å². The molecule has 0 atom stereocenters. The van der Waals surface area contributed by atoms with Crippen molar-refractivity contribution in [2.75, 3.05) is 36.4 Å². The summed E-state index contributed by atoms with van der Waals surface area (Å²) in [5.74, 6) is 1.52. The molecule has 4 rings (SSSR count). The third kappa shape index (κ3) is 5.30. The first-order valence-electron chi connectivity index (χ1n) is 11.1. The quantitative estimate of drug-likeness (QED) is 0.581. The lowest BCUT2D eigenvalue weighted by Crippen LogP contribution is -2.50. The Hall–Kier alpha value is -3.62. The summed E-state index contributed by atoms with van der Waals surface area (Å²) in [6.07, 6.45) is -3.85. The van der Waals surface area contributed by atoms with Crippen molar-refractivity contribution in [3.05, 3.63) is 82.8 Å². The summed E-state index contributed by atoms with van der Waals surface area (Å²) >= 11 is 0. The van der Waals surface area contributed by atoms with Gasteiger partial charge in [-0.25, -0.2) is 14.8 Å². The molecule has 1 aromatic heterocycles. The van der Waals surface area contributed by atoms with E-state index in [1.165, 1.54) is 23.1 Å². The van der Waals surface area contributed by atoms with Crippen LogP contribution in [0.3, 0.4) is 0 Å². The molecule has 0 saturated carbocycles. The van der Waals surface area contributed by atoms with Gasteiger partial charge < -0.3 is 15.1 Å². The van der Waals surface area contributed by atoms with E-state index in [2.05, 4.69) is 27.3 Å². The number of nitrogens with zero attached hydrogens (tertiary/aromatic N) is 4. The van der Waals surface area contributed by atoms with E-state index in [9.17, 15) is 18.0 Å². The number of aryl methyl sites for hydroxylation is 2. The number of hydrogen-bond donors (Lipinski definition) is 1. The molecule has 0 aliphatic carbocycles. The molecule has 6 nitrogen and oxygen atoms in total. The topological polar surface area (TPSA) is 61.4 Å². The maximum atomic E-state index is 13.3. The molecule has 178 valence electrons. The maximum Gasteiger partial charge on any atom is 0.418 e. The second kappa shape index (κ2) is 9.70. The SMILES string of the molecule is Cc1nc(C)c(Cc2ccccc2)c(N2CCN(C(=O)Nc3ccccc3C(F)(F)F)CC2)n1. The van der Waals surface area contributed by atoms with Gasteiger partial charge in [0.25, 0.3) is 0 Å². The molecule has 1 saturated heterocycles. The molecular formula is C25H26F3N5O. The van der Waals surface area contributed by atoms with Gasteiger partial charge in [0.15, 0.2) is 0 Å². The number of amides is 2. The predicted molar refractivity (Wildman–Crippen MR) is 125 cm³/mol. The number of hydrogen-bond acceptors (Lipinski definition) is 4. The van der Waals surface area contributed by atoms with Gasteiger partial charge in [-0.2, -0.15) is 13.2 Å². The zero-order valence-corrected chi connectivity index (χ0v) is 19.1. The molecular weight excluding hydrogens is 443 g/mol. The molecule has 2 heterocycles. The Kier molecular flexibility index (Phi) is 6.72. The number of aromatic nitrogens is 2. The van der Waals surface area contributed by atoms with Gasteiger partial charge in [0.05, 0.1) is 11.3 Å². The highest BCUT2D eigenvalue weighted by Crippen LogP contribution is 2.34. The molecule has 2 amide bonds. The number of alkyl halides is 3. The van der Waals surface area contributed by atoms with Crippen molar-refractivity contribution in [3.63, 3.8) is 0 Å². The van der Waals surface area contributed by atoms with Crippen LogP contribution in [0.5, 0.6) is 0 Å². The average Bonchev–Trinajstić information content (AvgIpc) is 2.81. The Morgan fingerprint density at radius 2 is 1.59 bits per heavy atom. The normalized spacial score (nSPS) is 14.3. The Morgan fingerprint density at radius 3 is 2.26 bits per heavy atom. The van der Waals surface area contributed by atoms with Crippen molar-refractivity contribution in [1.82, 2.24) is 14.9 Å². The molecule has 1 aliphatic heterocycles. The molecule has 9 heteroatoms. The predicted octanol–water partition coefficient (Wildman–Crippen LogP) is 5.06. The van der Waals surface area contributed by atoms with E-state index in [0.717, 1.165) is 28.7 Å². The van der Waals surface area contributed by atoms with Crippen molar-refractivity contribution in [2.24, 2.45) is 0 Å². The highest BCUT2D eigenvalue weighted by Gasteiger charge is 2.34. The summed E-state index contributed by atoms with van der Waals surface area (Å²) in [6, 6.07) is 14.5. The molecule has 1 fully saturated rings. The number of halogens is 3. The van der Waals surface area contributed by atoms with Crippen LogP contribution in [0.4, 0.5) is 29.5 Å². The fourth-order valence-corrected chi connectivity index (χ4v) is 4.14. The Labute approximate surface area is 196 Å². The summed E-state index contributed by atoms with van der Waals surface area (Å²) in [5.41, 5.74) is 2.00.